The van der Waals surface area contributed by atoms with Crippen molar-refractivity contribution in [3.05, 3.63) is 63.9 Å². The lowest BCUT2D eigenvalue weighted by Crippen LogP contribution is -2.23. The average Bonchev–Trinajstić information content (AvgIpc) is 3.16. The molecular weight excluding hydrogens is 352 g/mol. The molecule has 4 rings (SSSR count). The van der Waals surface area contributed by atoms with Gasteiger partial charge in [0.05, 0.1) is 11.4 Å². The molecule has 1 fully saturated rings. The van der Waals surface area contributed by atoms with E-state index in [4.69, 9.17) is 4.52 Å². The minimum absolute atomic E-state index is 0.167. The first kappa shape index (κ1) is 16.5. The lowest BCUT2D eigenvalue weighted by atomic mass is 10.2. The molecule has 8 heteroatoms. The molecule has 0 saturated heterocycles. The molecule has 0 radical (unpaired) electrons. The van der Waals surface area contributed by atoms with Gasteiger partial charge in [-0.15, -0.1) is 11.3 Å². The number of nitrogens with one attached hydrogen (secondary N) is 2. The summed E-state index contributed by atoms with van der Waals surface area (Å²) >= 11 is 1.37. The lowest BCUT2D eigenvalue weighted by molar-refractivity contribution is 0.0945. The third-order valence-corrected chi connectivity index (χ3v) is 4.85. The number of carbonyl (C=O) groups is 2. The van der Waals surface area contributed by atoms with E-state index in [1.807, 2.05) is 11.4 Å². The highest BCUT2D eigenvalue weighted by molar-refractivity contribution is 7.12. The minimum Gasteiger partial charge on any atom is -0.343 e. The second kappa shape index (κ2) is 7.09. The quantitative estimate of drug-likeness (QED) is 0.696. The van der Waals surface area contributed by atoms with Gasteiger partial charge in [-0.2, -0.15) is 4.98 Å². The van der Waals surface area contributed by atoms with E-state index >= 15 is 0 Å². The molecule has 132 valence electrons. The molecule has 0 atom stereocenters. The van der Waals surface area contributed by atoms with Crippen molar-refractivity contribution in [3.63, 3.8) is 0 Å². The maximum absolute atomic E-state index is 12.2. The Morgan fingerprint density at radius 2 is 1.96 bits per heavy atom. The van der Waals surface area contributed by atoms with E-state index in [-0.39, 0.29) is 18.4 Å². The SMILES string of the molecule is O=C(NCc1nc(C2CC2)no1)c1ccc(NC(=O)c2cccs2)cc1. The Hall–Kier alpha value is -3.00. The molecule has 26 heavy (non-hydrogen) atoms. The highest BCUT2D eigenvalue weighted by Gasteiger charge is 2.28. The van der Waals surface area contributed by atoms with Crippen molar-refractivity contribution in [2.24, 2.45) is 0 Å². The first-order valence-electron chi connectivity index (χ1n) is 8.24. The summed E-state index contributed by atoms with van der Waals surface area (Å²) in [6, 6.07) is 10.3. The molecule has 1 saturated carbocycles. The van der Waals surface area contributed by atoms with Crippen LogP contribution in [0.4, 0.5) is 5.69 Å². The van der Waals surface area contributed by atoms with Crippen LogP contribution in [0.1, 0.15) is 50.5 Å². The van der Waals surface area contributed by atoms with Crippen molar-refractivity contribution in [2.45, 2.75) is 25.3 Å². The number of anilines is 1. The standard InChI is InChI=1S/C18H16N4O3S/c23-17(19-10-15-21-16(22-25-15)11-3-4-11)12-5-7-13(8-6-12)20-18(24)14-2-1-9-26-14/h1-2,5-9,11H,3-4,10H2,(H,19,23)(H,20,24). The summed E-state index contributed by atoms with van der Waals surface area (Å²) in [5, 5.41) is 11.3. The van der Waals surface area contributed by atoms with Gasteiger partial charge >= 0.3 is 0 Å². The van der Waals surface area contributed by atoms with Crippen LogP contribution >= 0.6 is 11.3 Å². The molecule has 2 amide bonds. The second-order valence-electron chi connectivity index (χ2n) is 6.01. The van der Waals surface area contributed by atoms with Gasteiger partial charge in [0.25, 0.3) is 11.8 Å². The van der Waals surface area contributed by atoms with Gasteiger partial charge in [0.1, 0.15) is 0 Å². The van der Waals surface area contributed by atoms with E-state index in [1.165, 1.54) is 11.3 Å². The van der Waals surface area contributed by atoms with Crippen LogP contribution in [-0.4, -0.2) is 22.0 Å². The van der Waals surface area contributed by atoms with Crippen molar-refractivity contribution >= 4 is 28.8 Å². The Balaban J connectivity index is 1.32. The molecule has 3 aromatic rings. The Bertz CT molecular complexity index is 914. The number of hydrogen-bond donors (Lipinski definition) is 2. The third-order valence-electron chi connectivity index (χ3n) is 3.98. The number of thiophene rings is 1. The summed E-state index contributed by atoms with van der Waals surface area (Å²) in [6.07, 6.45) is 2.20. The molecule has 1 aliphatic rings. The zero-order chi connectivity index (χ0) is 17.9. The second-order valence-corrected chi connectivity index (χ2v) is 6.96. The van der Waals surface area contributed by atoms with E-state index in [9.17, 15) is 9.59 Å². The Morgan fingerprint density at radius 1 is 1.15 bits per heavy atom. The molecule has 7 nitrogen and oxygen atoms in total. The summed E-state index contributed by atoms with van der Waals surface area (Å²) in [5.41, 5.74) is 1.12. The first-order valence-corrected chi connectivity index (χ1v) is 9.12. The number of aromatic nitrogens is 2. The molecule has 0 spiro atoms. The van der Waals surface area contributed by atoms with Crippen LogP contribution in [0.5, 0.6) is 0 Å². The van der Waals surface area contributed by atoms with Crippen LogP contribution in [0.3, 0.4) is 0 Å². The van der Waals surface area contributed by atoms with Crippen molar-refractivity contribution < 1.29 is 14.1 Å². The molecule has 1 aromatic carbocycles. The Kier molecular flexibility index (Phi) is 4.49. The predicted octanol–water partition coefficient (Wildman–Crippen LogP) is 3.19. The average molecular weight is 368 g/mol. The van der Waals surface area contributed by atoms with Gasteiger partial charge in [-0.3, -0.25) is 9.59 Å². The van der Waals surface area contributed by atoms with Crippen LogP contribution < -0.4 is 10.6 Å². The van der Waals surface area contributed by atoms with E-state index in [0.29, 0.717) is 27.9 Å². The zero-order valence-electron chi connectivity index (χ0n) is 13.8. The first-order chi connectivity index (χ1) is 12.7. The third kappa shape index (κ3) is 3.80. The topological polar surface area (TPSA) is 97.1 Å². The molecular formula is C18H16N4O3S. The van der Waals surface area contributed by atoms with Crippen LogP contribution in [0, 0.1) is 0 Å². The van der Waals surface area contributed by atoms with Gasteiger partial charge in [0, 0.05) is 17.2 Å². The molecule has 2 aromatic heterocycles. The van der Waals surface area contributed by atoms with Crippen LogP contribution in [-0.2, 0) is 6.54 Å². The summed E-state index contributed by atoms with van der Waals surface area (Å²) in [4.78, 5) is 29.1. The smallest absolute Gasteiger partial charge is 0.265 e. The number of amides is 2. The summed E-state index contributed by atoms with van der Waals surface area (Å²) in [7, 11) is 0. The van der Waals surface area contributed by atoms with Crippen molar-refractivity contribution in [1.29, 1.82) is 0 Å². The monoisotopic (exact) mass is 368 g/mol. The Morgan fingerprint density at radius 3 is 2.65 bits per heavy atom. The predicted molar refractivity (Wildman–Crippen MR) is 96.2 cm³/mol. The molecule has 0 aliphatic heterocycles. The van der Waals surface area contributed by atoms with E-state index in [0.717, 1.165) is 18.7 Å². The van der Waals surface area contributed by atoms with Gasteiger partial charge in [-0.1, -0.05) is 11.2 Å². The Labute approximate surface area is 153 Å². The van der Waals surface area contributed by atoms with E-state index in [1.54, 1.807) is 30.3 Å². The van der Waals surface area contributed by atoms with Crippen LogP contribution in [0.2, 0.25) is 0 Å². The van der Waals surface area contributed by atoms with E-state index in [2.05, 4.69) is 20.8 Å². The fourth-order valence-electron chi connectivity index (χ4n) is 2.41. The van der Waals surface area contributed by atoms with Gasteiger partial charge in [0.2, 0.25) is 5.89 Å². The van der Waals surface area contributed by atoms with Gasteiger partial charge in [0.15, 0.2) is 5.82 Å². The minimum atomic E-state index is -0.243. The molecule has 0 unspecified atom stereocenters. The fourth-order valence-corrected chi connectivity index (χ4v) is 3.03. The number of nitrogens with zero attached hydrogens (tertiary/aromatic N) is 2. The molecule has 0 bridgehead atoms. The van der Waals surface area contributed by atoms with Crippen molar-refractivity contribution in [3.8, 4) is 0 Å². The maximum atomic E-state index is 12.2. The summed E-state index contributed by atoms with van der Waals surface area (Å²) in [6.45, 7) is 0.190. The van der Waals surface area contributed by atoms with Crippen LogP contribution in [0.15, 0.2) is 46.3 Å². The molecule has 2 heterocycles. The zero-order valence-corrected chi connectivity index (χ0v) is 14.6. The normalized spacial score (nSPS) is 13.4. The largest absolute Gasteiger partial charge is 0.343 e. The number of rotatable bonds is 6. The molecule has 1 aliphatic carbocycles. The highest BCUT2D eigenvalue weighted by atomic mass is 32.1. The summed E-state index contributed by atoms with van der Waals surface area (Å²) in [5.74, 6) is 1.13. The lowest BCUT2D eigenvalue weighted by Gasteiger charge is -2.06. The van der Waals surface area contributed by atoms with Gasteiger partial charge in [-0.05, 0) is 48.6 Å². The van der Waals surface area contributed by atoms with Crippen molar-refractivity contribution in [1.82, 2.24) is 15.5 Å². The van der Waals surface area contributed by atoms with Gasteiger partial charge < -0.3 is 15.2 Å². The highest BCUT2D eigenvalue weighted by Crippen LogP contribution is 2.38. The molecule has 2 N–H and O–H groups in total. The van der Waals surface area contributed by atoms with Crippen molar-refractivity contribution in [2.75, 3.05) is 5.32 Å². The van der Waals surface area contributed by atoms with E-state index < -0.39 is 0 Å². The number of hydrogen-bond acceptors (Lipinski definition) is 6. The fraction of sp³-hybridized carbons (Fsp3) is 0.222. The maximum Gasteiger partial charge on any atom is 0.265 e. The number of carbonyl (C=O) groups excluding carboxylic acids is 2. The van der Waals surface area contributed by atoms with Gasteiger partial charge in [-0.25, -0.2) is 0 Å². The number of benzene rings is 1. The van der Waals surface area contributed by atoms with Crippen LogP contribution in [0.25, 0.3) is 0 Å². The summed E-state index contributed by atoms with van der Waals surface area (Å²) < 4.78 is 5.13.